The average molecular weight is 242 g/mol. The van der Waals surface area contributed by atoms with Gasteiger partial charge in [0.15, 0.2) is 11.6 Å². The largest absolute Gasteiger partial charge is 0.494 e. The molecule has 16 heavy (non-hydrogen) atoms. The van der Waals surface area contributed by atoms with E-state index in [2.05, 4.69) is 4.99 Å². The number of benzene rings is 1. The molecule has 0 unspecified atom stereocenters. The van der Waals surface area contributed by atoms with E-state index < -0.39 is 11.4 Å². The number of rotatable bonds is 3. The van der Waals surface area contributed by atoms with Gasteiger partial charge in [-0.15, -0.1) is 0 Å². The minimum Gasteiger partial charge on any atom is -0.494 e. The van der Waals surface area contributed by atoms with Crippen molar-refractivity contribution >= 4 is 17.7 Å². The Morgan fingerprint density at radius 3 is 2.75 bits per heavy atom. The molecule has 0 atom stereocenters. The molecule has 0 bridgehead atoms. The molecular formula is C11H9ClFNO2. The van der Waals surface area contributed by atoms with Crippen LogP contribution in [0.2, 0.25) is 5.02 Å². The first-order valence-corrected chi connectivity index (χ1v) is 5.14. The van der Waals surface area contributed by atoms with E-state index in [-0.39, 0.29) is 16.3 Å². The molecule has 0 aliphatic heterocycles. The smallest absolute Gasteiger partial charge is 0.235 e. The second-order valence-corrected chi connectivity index (χ2v) is 4.08. The van der Waals surface area contributed by atoms with Gasteiger partial charge in [-0.1, -0.05) is 11.6 Å². The maximum absolute atomic E-state index is 14.0. The summed E-state index contributed by atoms with van der Waals surface area (Å²) in [6.07, 6.45) is 2.68. The predicted octanol–water partition coefficient (Wildman–Crippen LogP) is 2.81. The predicted molar refractivity (Wildman–Crippen MR) is 57.0 cm³/mol. The van der Waals surface area contributed by atoms with Gasteiger partial charge in [0, 0.05) is 10.6 Å². The van der Waals surface area contributed by atoms with Crippen LogP contribution in [0.4, 0.5) is 4.39 Å². The summed E-state index contributed by atoms with van der Waals surface area (Å²) in [5, 5.41) is 0.259. The van der Waals surface area contributed by atoms with Crippen LogP contribution in [0.1, 0.15) is 18.4 Å². The minimum absolute atomic E-state index is 0.103. The molecule has 3 nitrogen and oxygen atoms in total. The van der Waals surface area contributed by atoms with Gasteiger partial charge < -0.3 is 4.74 Å². The number of hydrogen-bond acceptors (Lipinski definition) is 3. The third kappa shape index (κ3) is 1.60. The quantitative estimate of drug-likeness (QED) is 0.603. The molecule has 0 aromatic heterocycles. The van der Waals surface area contributed by atoms with E-state index in [0.717, 1.165) is 0 Å². The number of hydrogen-bond donors (Lipinski definition) is 0. The normalized spacial score (nSPS) is 16.4. The summed E-state index contributed by atoms with van der Waals surface area (Å²) in [6.45, 7) is 0. The van der Waals surface area contributed by atoms with Crippen molar-refractivity contribution in [2.75, 3.05) is 7.11 Å². The molecule has 5 heteroatoms. The molecule has 0 heterocycles. The van der Waals surface area contributed by atoms with Crippen molar-refractivity contribution in [2.24, 2.45) is 4.99 Å². The Morgan fingerprint density at radius 2 is 2.25 bits per heavy atom. The van der Waals surface area contributed by atoms with Crippen LogP contribution in [0.15, 0.2) is 17.1 Å². The van der Waals surface area contributed by atoms with E-state index in [4.69, 9.17) is 16.3 Å². The molecule has 1 aliphatic carbocycles. The van der Waals surface area contributed by atoms with Crippen molar-refractivity contribution in [1.82, 2.24) is 0 Å². The third-order valence-corrected chi connectivity index (χ3v) is 3.04. The number of methoxy groups -OCH3 is 1. The van der Waals surface area contributed by atoms with E-state index in [1.165, 1.54) is 19.3 Å². The highest BCUT2D eigenvalue weighted by molar-refractivity contribution is 6.31. The van der Waals surface area contributed by atoms with E-state index >= 15 is 0 Å². The summed E-state index contributed by atoms with van der Waals surface area (Å²) < 4.78 is 18.9. The Labute approximate surface area is 96.9 Å². The van der Waals surface area contributed by atoms with Crippen LogP contribution in [-0.4, -0.2) is 13.2 Å². The van der Waals surface area contributed by atoms with E-state index in [1.807, 2.05) is 0 Å². The first kappa shape index (κ1) is 11.1. The van der Waals surface area contributed by atoms with Crippen molar-refractivity contribution in [2.45, 2.75) is 18.4 Å². The summed E-state index contributed by atoms with van der Waals surface area (Å²) in [4.78, 5) is 14.0. The highest BCUT2D eigenvalue weighted by Crippen LogP contribution is 2.53. The molecule has 1 aromatic carbocycles. The summed E-state index contributed by atoms with van der Waals surface area (Å²) in [5.41, 5.74) is -0.589. The Morgan fingerprint density at radius 1 is 1.56 bits per heavy atom. The summed E-state index contributed by atoms with van der Waals surface area (Å²) in [7, 11) is 1.37. The third-order valence-electron chi connectivity index (χ3n) is 2.72. The topological polar surface area (TPSA) is 38.7 Å². The lowest BCUT2D eigenvalue weighted by atomic mass is 10.0. The molecule has 1 saturated carbocycles. The van der Waals surface area contributed by atoms with Gasteiger partial charge in [-0.2, -0.15) is 4.99 Å². The van der Waals surface area contributed by atoms with Gasteiger partial charge >= 0.3 is 0 Å². The zero-order valence-electron chi connectivity index (χ0n) is 8.59. The second-order valence-electron chi connectivity index (χ2n) is 3.67. The number of aliphatic imine (C=N–C) groups is 1. The summed E-state index contributed by atoms with van der Waals surface area (Å²) in [6, 6.07) is 2.99. The number of carbonyl (C=O) groups excluding carboxylic acids is 1. The molecule has 84 valence electrons. The van der Waals surface area contributed by atoms with Crippen molar-refractivity contribution in [3.8, 4) is 5.75 Å². The molecule has 1 aromatic rings. The first-order chi connectivity index (χ1) is 7.64. The minimum atomic E-state index is -0.822. The molecular weight excluding hydrogens is 233 g/mol. The Kier molecular flexibility index (Phi) is 2.70. The monoisotopic (exact) mass is 241 g/mol. The standard InChI is InChI=1S/C11H9ClFNO2/c1-16-8-3-2-7(12)9(10(8)13)11(4-5-11)14-6-15/h2-3H,4-5H2,1H3. The highest BCUT2D eigenvalue weighted by atomic mass is 35.5. The fourth-order valence-electron chi connectivity index (χ4n) is 1.74. The fraction of sp³-hybridized carbons (Fsp3) is 0.364. The van der Waals surface area contributed by atoms with Crippen LogP contribution in [-0.2, 0) is 10.3 Å². The van der Waals surface area contributed by atoms with Gasteiger partial charge in [-0.3, -0.25) is 0 Å². The first-order valence-electron chi connectivity index (χ1n) is 4.76. The number of nitrogens with zero attached hydrogens (tertiary/aromatic N) is 1. The Balaban J connectivity index is 2.60. The van der Waals surface area contributed by atoms with Gasteiger partial charge in [-0.25, -0.2) is 9.18 Å². The number of ether oxygens (including phenoxy) is 1. The van der Waals surface area contributed by atoms with Crippen molar-refractivity contribution < 1.29 is 13.9 Å². The molecule has 1 fully saturated rings. The molecule has 0 radical (unpaired) electrons. The lowest BCUT2D eigenvalue weighted by Crippen LogP contribution is -2.08. The number of halogens is 2. The number of isocyanates is 1. The molecule has 2 rings (SSSR count). The van der Waals surface area contributed by atoms with Crippen LogP contribution >= 0.6 is 11.6 Å². The fourth-order valence-corrected chi connectivity index (χ4v) is 2.06. The van der Waals surface area contributed by atoms with E-state index in [0.29, 0.717) is 12.8 Å². The average Bonchev–Trinajstić information content (AvgIpc) is 2.99. The molecule has 0 N–H and O–H groups in total. The van der Waals surface area contributed by atoms with Crippen molar-refractivity contribution in [3.63, 3.8) is 0 Å². The van der Waals surface area contributed by atoms with Crippen LogP contribution < -0.4 is 4.74 Å². The van der Waals surface area contributed by atoms with Crippen LogP contribution in [0.3, 0.4) is 0 Å². The SMILES string of the molecule is COc1ccc(Cl)c(C2(N=C=O)CC2)c1F. The van der Waals surface area contributed by atoms with Crippen LogP contribution in [0.25, 0.3) is 0 Å². The lowest BCUT2D eigenvalue weighted by Gasteiger charge is -2.13. The van der Waals surface area contributed by atoms with Crippen molar-refractivity contribution in [1.29, 1.82) is 0 Å². The van der Waals surface area contributed by atoms with Gasteiger partial charge in [0.1, 0.15) is 5.54 Å². The zero-order chi connectivity index (χ0) is 11.8. The lowest BCUT2D eigenvalue weighted by molar-refractivity contribution is 0.381. The van der Waals surface area contributed by atoms with Gasteiger partial charge in [0.2, 0.25) is 6.08 Å². The summed E-state index contributed by atoms with van der Waals surface area (Å²) >= 11 is 5.93. The van der Waals surface area contributed by atoms with Crippen molar-refractivity contribution in [3.05, 3.63) is 28.5 Å². The maximum atomic E-state index is 14.0. The van der Waals surface area contributed by atoms with Crippen LogP contribution in [0, 0.1) is 5.82 Å². The second kappa shape index (κ2) is 3.89. The molecule has 0 spiro atoms. The van der Waals surface area contributed by atoms with Gasteiger partial charge in [-0.05, 0) is 25.0 Å². The Hall–Kier alpha value is -1.38. The summed E-state index contributed by atoms with van der Waals surface area (Å²) in [5.74, 6) is -0.446. The van der Waals surface area contributed by atoms with E-state index in [9.17, 15) is 9.18 Å². The highest BCUT2D eigenvalue weighted by Gasteiger charge is 2.48. The zero-order valence-corrected chi connectivity index (χ0v) is 9.34. The van der Waals surface area contributed by atoms with Gasteiger partial charge in [0.25, 0.3) is 0 Å². The maximum Gasteiger partial charge on any atom is 0.235 e. The molecule has 1 aliphatic rings. The molecule has 0 amide bonds. The molecule has 0 saturated heterocycles. The van der Waals surface area contributed by atoms with Crippen LogP contribution in [0.5, 0.6) is 5.75 Å². The van der Waals surface area contributed by atoms with E-state index in [1.54, 1.807) is 6.07 Å². The van der Waals surface area contributed by atoms with Gasteiger partial charge in [0.05, 0.1) is 7.11 Å². The Bertz CT molecular complexity index is 479.